The smallest absolute Gasteiger partial charge is 0.263 e. The highest BCUT2D eigenvalue weighted by molar-refractivity contribution is 7.12. The molecule has 3 amide bonds. The van der Waals surface area contributed by atoms with Crippen LogP contribution in [-0.2, 0) is 9.53 Å². The molecule has 0 saturated carbocycles. The van der Waals surface area contributed by atoms with Gasteiger partial charge in [0.15, 0.2) is 0 Å². The highest BCUT2D eigenvalue weighted by Crippen LogP contribution is 2.39. The zero-order valence-electron chi connectivity index (χ0n) is 21.1. The summed E-state index contributed by atoms with van der Waals surface area (Å²) < 4.78 is 6.31. The summed E-state index contributed by atoms with van der Waals surface area (Å²) in [6, 6.07) is 19.8. The quantitative estimate of drug-likeness (QED) is 0.544. The Morgan fingerprint density at radius 3 is 2.32 bits per heavy atom. The molecule has 2 aromatic carbocycles. The predicted molar refractivity (Wildman–Crippen MR) is 142 cm³/mol. The molecule has 1 spiro atoms. The van der Waals surface area contributed by atoms with E-state index in [4.69, 9.17) is 4.74 Å². The number of amides is 3. The van der Waals surface area contributed by atoms with Crippen LogP contribution in [0.1, 0.15) is 57.0 Å². The molecule has 1 N–H and O–H groups in total. The molecular formula is C29H31N3O4S. The van der Waals surface area contributed by atoms with E-state index in [1.165, 1.54) is 11.3 Å². The maximum atomic E-state index is 13.9. The van der Waals surface area contributed by atoms with E-state index < -0.39 is 11.8 Å². The number of benzene rings is 2. The van der Waals surface area contributed by atoms with Crippen molar-refractivity contribution in [2.45, 2.75) is 44.5 Å². The Morgan fingerprint density at radius 1 is 0.973 bits per heavy atom. The molecule has 0 aliphatic carbocycles. The number of hydrogen-bond acceptors (Lipinski definition) is 5. The van der Waals surface area contributed by atoms with Crippen LogP contribution < -0.4 is 5.32 Å². The molecule has 3 heterocycles. The van der Waals surface area contributed by atoms with Gasteiger partial charge < -0.3 is 15.0 Å². The minimum atomic E-state index is -0.938. The number of likely N-dealkylation sites (tertiary alicyclic amines) is 1. The Labute approximate surface area is 221 Å². The number of nitrogens with one attached hydrogen (secondary N) is 1. The number of rotatable bonds is 5. The lowest BCUT2D eigenvalue weighted by molar-refractivity contribution is -0.128. The summed E-state index contributed by atoms with van der Waals surface area (Å²) in [5.74, 6) is -0.487. The summed E-state index contributed by atoms with van der Waals surface area (Å²) in [5, 5.41) is 4.96. The van der Waals surface area contributed by atoms with E-state index in [1.54, 1.807) is 21.9 Å². The fraction of sp³-hybridized carbons (Fsp3) is 0.345. The Bertz CT molecular complexity index is 1250. The molecule has 0 bridgehead atoms. The van der Waals surface area contributed by atoms with Crippen molar-refractivity contribution in [2.24, 2.45) is 0 Å². The summed E-state index contributed by atoms with van der Waals surface area (Å²) in [6.45, 7) is 4.91. The Morgan fingerprint density at radius 2 is 1.68 bits per heavy atom. The van der Waals surface area contributed by atoms with Crippen molar-refractivity contribution in [3.8, 4) is 0 Å². The van der Waals surface area contributed by atoms with Crippen molar-refractivity contribution in [1.29, 1.82) is 0 Å². The normalized spacial score (nSPS) is 19.6. The molecule has 2 saturated heterocycles. The number of nitrogens with zero attached hydrogens (tertiary/aromatic N) is 2. The Hall–Kier alpha value is -3.49. The number of carbonyl (C=O) groups is 3. The van der Waals surface area contributed by atoms with Crippen LogP contribution in [0.2, 0.25) is 0 Å². The first-order valence-corrected chi connectivity index (χ1v) is 13.5. The van der Waals surface area contributed by atoms with Gasteiger partial charge in [-0.25, -0.2) is 0 Å². The third-order valence-corrected chi connectivity index (χ3v) is 8.16. The van der Waals surface area contributed by atoms with Crippen LogP contribution >= 0.6 is 11.3 Å². The minimum absolute atomic E-state index is 0.00904. The van der Waals surface area contributed by atoms with Gasteiger partial charge in [0.2, 0.25) is 5.91 Å². The van der Waals surface area contributed by atoms with Gasteiger partial charge in [0.1, 0.15) is 11.8 Å². The molecule has 0 unspecified atom stereocenters. The number of ether oxygens (including phenoxy) is 1. The summed E-state index contributed by atoms with van der Waals surface area (Å²) in [6.07, 6.45) is 0.888. The van der Waals surface area contributed by atoms with Crippen molar-refractivity contribution in [2.75, 3.05) is 19.7 Å². The SMILES string of the molecule is Cc1ccc(C(=O)N2[C@H](C(=O)N[C@H](C)c3ccccc3)COC23CCN(C(=O)c2cccs2)CC3)cc1. The Balaban J connectivity index is 1.38. The second kappa shape index (κ2) is 10.5. The second-order valence-electron chi connectivity index (χ2n) is 9.72. The van der Waals surface area contributed by atoms with Gasteiger partial charge in [-0.15, -0.1) is 11.3 Å². The maximum Gasteiger partial charge on any atom is 0.263 e. The van der Waals surface area contributed by atoms with E-state index in [2.05, 4.69) is 5.32 Å². The molecule has 2 aliphatic heterocycles. The van der Waals surface area contributed by atoms with Crippen LogP contribution in [0.25, 0.3) is 0 Å². The highest BCUT2D eigenvalue weighted by Gasteiger charge is 2.54. The van der Waals surface area contributed by atoms with E-state index >= 15 is 0 Å². The molecule has 1 aromatic heterocycles. The molecule has 192 valence electrons. The third kappa shape index (κ3) is 5.04. The highest BCUT2D eigenvalue weighted by atomic mass is 32.1. The predicted octanol–water partition coefficient (Wildman–Crippen LogP) is 4.41. The molecule has 8 heteroatoms. The average Bonchev–Trinajstić information content (AvgIpc) is 3.58. The van der Waals surface area contributed by atoms with Crippen molar-refractivity contribution < 1.29 is 19.1 Å². The lowest BCUT2D eigenvalue weighted by Gasteiger charge is -2.44. The summed E-state index contributed by atoms with van der Waals surface area (Å²) in [5.41, 5.74) is 1.62. The fourth-order valence-corrected chi connectivity index (χ4v) is 5.84. The van der Waals surface area contributed by atoms with E-state index in [0.717, 1.165) is 11.1 Å². The first-order valence-electron chi connectivity index (χ1n) is 12.6. The molecule has 0 radical (unpaired) electrons. The number of carbonyl (C=O) groups excluding carboxylic acids is 3. The molecule has 5 rings (SSSR count). The monoisotopic (exact) mass is 517 g/mol. The van der Waals surface area contributed by atoms with Crippen molar-refractivity contribution >= 4 is 29.1 Å². The molecule has 2 aliphatic rings. The number of thiophene rings is 1. The maximum absolute atomic E-state index is 13.9. The number of piperidine rings is 1. The van der Waals surface area contributed by atoms with Crippen LogP contribution in [0.4, 0.5) is 0 Å². The Kier molecular flexibility index (Phi) is 7.13. The van der Waals surface area contributed by atoms with Gasteiger partial charge in [0.05, 0.1) is 17.5 Å². The van der Waals surface area contributed by atoms with Crippen LogP contribution in [0, 0.1) is 6.92 Å². The summed E-state index contributed by atoms with van der Waals surface area (Å²) in [4.78, 5) is 44.5. The first-order chi connectivity index (χ1) is 17.9. The van der Waals surface area contributed by atoms with Gasteiger partial charge in [-0.2, -0.15) is 0 Å². The first kappa shape index (κ1) is 25.2. The average molecular weight is 518 g/mol. The second-order valence-corrected chi connectivity index (χ2v) is 10.7. The number of hydrogen-bond donors (Lipinski definition) is 1. The van der Waals surface area contributed by atoms with Gasteiger partial charge in [-0.1, -0.05) is 54.1 Å². The lowest BCUT2D eigenvalue weighted by atomic mass is 9.96. The standard InChI is InChI=1S/C29H31N3O4S/c1-20-10-12-23(13-11-20)27(34)32-24(26(33)30-21(2)22-7-4-3-5-8-22)19-36-29(32)14-16-31(17-15-29)28(35)25-9-6-18-37-25/h3-13,18,21,24H,14-17,19H2,1-2H3,(H,30,33)/t21-,24+/m1/s1. The van der Waals surface area contributed by atoms with E-state index in [-0.39, 0.29) is 30.4 Å². The van der Waals surface area contributed by atoms with Crippen LogP contribution in [-0.4, -0.2) is 59.0 Å². The van der Waals surface area contributed by atoms with Crippen molar-refractivity contribution in [1.82, 2.24) is 15.1 Å². The third-order valence-electron chi connectivity index (χ3n) is 7.30. The van der Waals surface area contributed by atoms with E-state index in [0.29, 0.717) is 36.4 Å². The van der Waals surface area contributed by atoms with E-state index in [1.807, 2.05) is 73.8 Å². The molecule has 7 nitrogen and oxygen atoms in total. The van der Waals surface area contributed by atoms with Gasteiger partial charge in [0, 0.05) is 31.5 Å². The molecule has 2 fully saturated rings. The molecule has 37 heavy (non-hydrogen) atoms. The van der Waals surface area contributed by atoms with Crippen molar-refractivity contribution in [3.05, 3.63) is 93.7 Å². The number of aryl methyl sites for hydroxylation is 1. The topological polar surface area (TPSA) is 79.0 Å². The lowest BCUT2D eigenvalue weighted by Crippen LogP contribution is -2.59. The zero-order valence-corrected chi connectivity index (χ0v) is 21.9. The fourth-order valence-electron chi connectivity index (χ4n) is 5.15. The minimum Gasteiger partial charge on any atom is -0.353 e. The van der Waals surface area contributed by atoms with Crippen LogP contribution in [0.15, 0.2) is 72.1 Å². The van der Waals surface area contributed by atoms with Gasteiger partial charge in [-0.3, -0.25) is 19.3 Å². The van der Waals surface area contributed by atoms with Gasteiger partial charge in [-0.05, 0) is 43.0 Å². The summed E-state index contributed by atoms with van der Waals surface area (Å²) in [7, 11) is 0. The van der Waals surface area contributed by atoms with Gasteiger partial charge >= 0.3 is 0 Å². The molecule has 2 atom stereocenters. The zero-order chi connectivity index (χ0) is 26.0. The molecular weight excluding hydrogens is 486 g/mol. The largest absolute Gasteiger partial charge is 0.353 e. The van der Waals surface area contributed by atoms with E-state index in [9.17, 15) is 14.4 Å². The summed E-state index contributed by atoms with van der Waals surface area (Å²) >= 11 is 1.42. The van der Waals surface area contributed by atoms with Crippen molar-refractivity contribution in [3.63, 3.8) is 0 Å². The molecule has 3 aromatic rings. The van der Waals surface area contributed by atoms with Crippen LogP contribution in [0.3, 0.4) is 0 Å². The van der Waals surface area contributed by atoms with Crippen LogP contribution in [0.5, 0.6) is 0 Å². The van der Waals surface area contributed by atoms with Gasteiger partial charge in [0.25, 0.3) is 11.8 Å².